The summed E-state index contributed by atoms with van der Waals surface area (Å²) in [4.78, 5) is 29.3. The van der Waals surface area contributed by atoms with Crippen LogP contribution in [0, 0.1) is 17.1 Å². The summed E-state index contributed by atoms with van der Waals surface area (Å²) in [5, 5.41) is 25.7. The van der Waals surface area contributed by atoms with E-state index in [-0.39, 0.29) is 52.5 Å². The van der Waals surface area contributed by atoms with Crippen LogP contribution in [0.4, 0.5) is 15.9 Å². The number of hydrogen-bond acceptors (Lipinski definition) is 7. The highest BCUT2D eigenvalue weighted by molar-refractivity contribution is 6.03. The van der Waals surface area contributed by atoms with Gasteiger partial charge in [0.15, 0.2) is 11.6 Å². The molecule has 0 bridgehead atoms. The average Bonchev–Trinajstić information content (AvgIpc) is 3.38. The number of nitrogens with zero attached hydrogens (tertiary/aromatic N) is 2. The van der Waals surface area contributed by atoms with Crippen molar-refractivity contribution < 1.29 is 23.5 Å². The van der Waals surface area contributed by atoms with Crippen molar-refractivity contribution in [2.24, 2.45) is 5.73 Å². The number of nitrogens with one attached hydrogen (secondary N) is 2. The second kappa shape index (κ2) is 10.7. The van der Waals surface area contributed by atoms with Gasteiger partial charge in [-0.15, -0.1) is 0 Å². The molecule has 1 unspecified atom stereocenters. The number of aromatic hydroxyl groups is 1. The van der Waals surface area contributed by atoms with Gasteiger partial charge in [0.05, 0.1) is 12.0 Å². The van der Waals surface area contributed by atoms with Crippen molar-refractivity contribution >= 4 is 23.3 Å². The van der Waals surface area contributed by atoms with Gasteiger partial charge < -0.3 is 25.9 Å². The van der Waals surface area contributed by atoms with Gasteiger partial charge in [-0.05, 0) is 55.0 Å². The predicted molar refractivity (Wildman–Crippen MR) is 135 cm³/mol. The number of halogens is 1. The molecule has 5 N–H and O–H groups in total. The quantitative estimate of drug-likeness (QED) is 0.288. The van der Waals surface area contributed by atoms with Crippen LogP contribution in [0.3, 0.4) is 0 Å². The molecular weight excluding hydrogens is 477 g/mol. The van der Waals surface area contributed by atoms with Crippen LogP contribution in [0.2, 0.25) is 0 Å². The zero-order chi connectivity index (χ0) is 26.5. The largest absolute Gasteiger partial charge is 0.507 e. The number of phenolic OH excluding ortho intramolecular Hbond substituents is 1. The van der Waals surface area contributed by atoms with Crippen molar-refractivity contribution in [1.29, 1.82) is 5.26 Å². The molecule has 0 saturated heterocycles. The minimum absolute atomic E-state index is 0.00103. The molecule has 0 aliphatic heterocycles. The van der Waals surface area contributed by atoms with E-state index in [1.807, 2.05) is 0 Å². The van der Waals surface area contributed by atoms with Crippen LogP contribution in [0.5, 0.6) is 5.75 Å². The predicted octanol–water partition coefficient (Wildman–Crippen LogP) is 4.65. The van der Waals surface area contributed by atoms with E-state index in [1.165, 1.54) is 30.5 Å². The van der Waals surface area contributed by atoms with Crippen LogP contribution in [-0.2, 0) is 4.79 Å². The second-order valence-corrected chi connectivity index (χ2v) is 8.29. The maximum atomic E-state index is 13.6. The molecule has 0 radical (unpaired) electrons. The summed E-state index contributed by atoms with van der Waals surface area (Å²) in [6, 6.07) is 16.4. The monoisotopic (exact) mass is 499 g/mol. The third-order valence-electron chi connectivity index (χ3n) is 5.31. The number of nitriles is 1. The fraction of sp³-hybridized carbons (Fsp3) is 0.111. The van der Waals surface area contributed by atoms with E-state index in [9.17, 15) is 24.3 Å². The molecule has 0 aliphatic rings. The SMILES string of the molecule is CC(N)CC(=O)Nc1cccc(-c2cc(-c3ccc(F)cc3O)nc(NC(=O)c3ccco3)c2C#N)c1. The summed E-state index contributed by atoms with van der Waals surface area (Å²) >= 11 is 0. The van der Waals surface area contributed by atoms with Gasteiger partial charge >= 0.3 is 0 Å². The Morgan fingerprint density at radius 3 is 2.62 bits per heavy atom. The fourth-order valence-corrected chi connectivity index (χ4v) is 3.68. The Morgan fingerprint density at radius 1 is 1.14 bits per heavy atom. The van der Waals surface area contributed by atoms with E-state index in [2.05, 4.69) is 21.7 Å². The van der Waals surface area contributed by atoms with Gasteiger partial charge in [-0.25, -0.2) is 9.37 Å². The number of benzene rings is 2. The van der Waals surface area contributed by atoms with E-state index < -0.39 is 11.7 Å². The van der Waals surface area contributed by atoms with Crippen molar-refractivity contribution in [2.45, 2.75) is 19.4 Å². The van der Waals surface area contributed by atoms with Gasteiger partial charge in [-0.3, -0.25) is 9.59 Å². The molecule has 0 fully saturated rings. The lowest BCUT2D eigenvalue weighted by Gasteiger charge is -2.15. The Balaban J connectivity index is 1.84. The number of carbonyl (C=O) groups excluding carboxylic acids is 2. The van der Waals surface area contributed by atoms with Gasteiger partial charge in [-0.1, -0.05) is 12.1 Å². The maximum absolute atomic E-state index is 13.6. The standard InChI is InChI=1S/C27H22FN5O4/c1-15(30)10-25(35)31-18-5-2-4-16(11-18)20-13-22(19-8-7-17(28)12-23(19)34)32-26(21(20)14-29)33-27(36)24-6-3-9-37-24/h2-9,11-13,15,34H,10,30H2,1H3,(H,31,35)(H,32,33,36). The Bertz CT molecular complexity index is 1510. The maximum Gasteiger partial charge on any atom is 0.292 e. The molecule has 2 aromatic heterocycles. The van der Waals surface area contributed by atoms with Crippen LogP contribution in [0.25, 0.3) is 22.4 Å². The first kappa shape index (κ1) is 25.1. The molecule has 2 heterocycles. The van der Waals surface area contributed by atoms with Crippen LogP contribution >= 0.6 is 0 Å². The van der Waals surface area contributed by atoms with Gasteiger partial charge in [0.2, 0.25) is 5.91 Å². The number of nitrogens with two attached hydrogens (primary N) is 1. The first-order chi connectivity index (χ1) is 17.7. The van der Waals surface area contributed by atoms with Crippen LogP contribution < -0.4 is 16.4 Å². The highest BCUT2D eigenvalue weighted by Gasteiger charge is 2.20. The van der Waals surface area contributed by atoms with E-state index >= 15 is 0 Å². The molecule has 1 atom stereocenters. The van der Waals surface area contributed by atoms with Crippen LogP contribution in [0.1, 0.15) is 29.5 Å². The summed E-state index contributed by atoms with van der Waals surface area (Å²) in [7, 11) is 0. The lowest BCUT2D eigenvalue weighted by atomic mass is 9.97. The topological polar surface area (TPSA) is 154 Å². The third kappa shape index (κ3) is 5.80. The summed E-state index contributed by atoms with van der Waals surface area (Å²) in [5.41, 5.74) is 7.44. The Labute approximate surface area is 211 Å². The van der Waals surface area contributed by atoms with Crippen molar-refractivity contribution in [3.05, 3.63) is 84.1 Å². The molecule has 0 aliphatic carbocycles. The molecule has 10 heteroatoms. The molecule has 4 aromatic rings. The molecule has 0 saturated carbocycles. The molecular formula is C27H22FN5O4. The number of anilines is 2. The summed E-state index contributed by atoms with van der Waals surface area (Å²) in [6.45, 7) is 1.72. The number of furan rings is 1. The molecule has 2 amide bonds. The lowest BCUT2D eigenvalue weighted by molar-refractivity contribution is -0.116. The van der Waals surface area contributed by atoms with Gasteiger partial charge in [0.1, 0.15) is 23.2 Å². The van der Waals surface area contributed by atoms with E-state index in [4.69, 9.17) is 10.2 Å². The van der Waals surface area contributed by atoms with Crippen molar-refractivity contribution in [1.82, 2.24) is 4.98 Å². The summed E-state index contributed by atoms with van der Waals surface area (Å²) in [6.07, 6.45) is 1.46. The number of pyridine rings is 1. The van der Waals surface area contributed by atoms with Gasteiger partial charge in [0.25, 0.3) is 5.91 Å². The highest BCUT2D eigenvalue weighted by Crippen LogP contribution is 2.36. The second-order valence-electron chi connectivity index (χ2n) is 8.29. The van der Waals surface area contributed by atoms with E-state index in [0.29, 0.717) is 16.8 Å². The molecule has 186 valence electrons. The number of amides is 2. The lowest BCUT2D eigenvalue weighted by Crippen LogP contribution is -2.23. The summed E-state index contributed by atoms with van der Waals surface area (Å²) in [5.74, 6) is -2.02. The Morgan fingerprint density at radius 2 is 1.95 bits per heavy atom. The number of aromatic nitrogens is 1. The Hall–Kier alpha value is -5.01. The molecule has 9 nitrogen and oxygen atoms in total. The minimum Gasteiger partial charge on any atom is -0.507 e. The average molecular weight is 500 g/mol. The van der Waals surface area contributed by atoms with Gasteiger partial charge in [0, 0.05) is 35.3 Å². The van der Waals surface area contributed by atoms with Gasteiger partial charge in [-0.2, -0.15) is 5.26 Å². The Kier molecular flexibility index (Phi) is 7.27. The minimum atomic E-state index is -0.642. The first-order valence-electron chi connectivity index (χ1n) is 11.2. The zero-order valence-electron chi connectivity index (χ0n) is 19.7. The van der Waals surface area contributed by atoms with Crippen LogP contribution in [0.15, 0.2) is 71.3 Å². The van der Waals surface area contributed by atoms with Crippen LogP contribution in [-0.4, -0.2) is 27.9 Å². The van der Waals surface area contributed by atoms with Crippen molar-refractivity contribution in [2.75, 3.05) is 10.6 Å². The number of hydrogen-bond donors (Lipinski definition) is 4. The summed E-state index contributed by atoms with van der Waals surface area (Å²) < 4.78 is 18.8. The number of phenols is 1. The normalized spacial score (nSPS) is 11.4. The molecule has 37 heavy (non-hydrogen) atoms. The van der Waals surface area contributed by atoms with Crippen molar-refractivity contribution in [3.8, 4) is 34.2 Å². The third-order valence-corrected chi connectivity index (χ3v) is 5.31. The van der Waals surface area contributed by atoms with E-state index in [0.717, 1.165) is 12.1 Å². The number of rotatable bonds is 7. The number of carbonyl (C=O) groups is 2. The van der Waals surface area contributed by atoms with E-state index in [1.54, 1.807) is 31.2 Å². The molecule has 4 rings (SSSR count). The zero-order valence-corrected chi connectivity index (χ0v) is 19.7. The smallest absolute Gasteiger partial charge is 0.292 e. The van der Waals surface area contributed by atoms with Crippen molar-refractivity contribution in [3.63, 3.8) is 0 Å². The fourth-order valence-electron chi connectivity index (χ4n) is 3.68. The first-order valence-corrected chi connectivity index (χ1v) is 11.2. The highest BCUT2D eigenvalue weighted by atomic mass is 19.1. The molecule has 0 spiro atoms. The molecule has 2 aromatic carbocycles.